The maximum atomic E-state index is 12.2. The van der Waals surface area contributed by atoms with Crippen molar-refractivity contribution in [3.8, 4) is 11.5 Å². The third kappa shape index (κ3) is 3.11. The Morgan fingerprint density at radius 1 is 1.32 bits per heavy atom. The summed E-state index contributed by atoms with van der Waals surface area (Å²) < 4.78 is 15.4. The third-order valence-corrected chi connectivity index (χ3v) is 3.78. The molecule has 0 unspecified atom stereocenters. The van der Waals surface area contributed by atoms with Crippen molar-refractivity contribution in [1.82, 2.24) is 0 Å². The molecule has 22 heavy (non-hydrogen) atoms. The number of nitrogens with zero attached hydrogens (tertiary/aromatic N) is 1. The summed E-state index contributed by atoms with van der Waals surface area (Å²) in [6, 6.07) is 3.22. The number of rotatable bonds is 5. The predicted molar refractivity (Wildman–Crippen MR) is 81.6 cm³/mol. The van der Waals surface area contributed by atoms with Gasteiger partial charge in [0.25, 0.3) is 0 Å². The number of amides is 1. The average molecular weight is 328 g/mol. The lowest BCUT2D eigenvalue weighted by atomic mass is 10.1. The van der Waals surface area contributed by atoms with Crippen LogP contribution in [-0.4, -0.2) is 39.2 Å². The van der Waals surface area contributed by atoms with E-state index in [1.165, 1.54) is 19.1 Å². The van der Waals surface area contributed by atoms with Crippen LogP contribution in [0.4, 0.5) is 5.69 Å². The molecule has 1 aliphatic heterocycles. The van der Waals surface area contributed by atoms with Gasteiger partial charge in [-0.3, -0.25) is 9.59 Å². The van der Waals surface area contributed by atoms with Crippen molar-refractivity contribution in [2.45, 2.75) is 13.3 Å². The van der Waals surface area contributed by atoms with E-state index in [1.54, 1.807) is 19.1 Å². The van der Waals surface area contributed by atoms with Gasteiger partial charge in [-0.2, -0.15) is 0 Å². The molecule has 1 amide bonds. The van der Waals surface area contributed by atoms with E-state index in [-0.39, 0.29) is 24.8 Å². The highest BCUT2D eigenvalue weighted by Crippen LogP contribution is 2.40. The molecule has 1 aliphatic rings. The Kier molecular flexibility index (Phi) is 5.13. The van der Waals surface area contributed by atoms with Crippen LogP contribution in [0.25, 0.3) is 0 Å². The number of benzene rings is 1. The fourth-order valence-corrected chi connectivity index (χ4v) is 2.64. The van der Waals surface area contributed by atoms with Crippen molar-refractivity contribution in [3.63, 3.8) is 0 Å². The van der Waals surface area contributed by atoms with Crippen LogP contribution in [0.2, 0.25) is 5.02 Å². The molecule has 1 aromatic rings. The first-order chi connectivity index (χ1) is 10.5. The number of carbonyl (C=O) groups excluding carboxylic acids is 2. The fourth-order valence-electron chi connectivity index (χ4n) is 2.41. The molecule has 7 heteroatoms. The van der Waals surface area contributed by atoms with Gasteiger partial charge in [0, 0.05) is 25.1 Å². The summed E-state index contributed by atoms with van der Waals surface area (Å²) in [4.78, 5) is 25.6. The summed E-state index contributed by atoms with van der Waals surface area (Å²) >= 11 is 6.06. The number of anilines is 1. The SMILES string of the molecule is CCOC(=O)[C@@H]1CC(=O)N(c2cc(OC)c(Cl)cc2OC)C1. The molecule has 1 atom stereocenters. The quantitative estimate of drug-likeness (QED) is 0.776. The summed E-state index contributed by atoms with van der Waals surface area (Å²) in [5.74, 6) is -0.119. The molecule has 1 saturated heterocycles. The van der Waals surface area contributed by atoms with E-state index in [4.69, 9.17) is 25.8 Å². The van der Waals surface area contributed by atoms with E-state index in [9.17, 15) is 9.59 Å². The molecule has 120 valence electrons. The first kappa shape index (κ1) is 16.4. The molecule has 0 aliphatic carbocycles. The molecule has 0 spiro atoms. The number of hydrogen-bond acceptors (Lipinski definition) is 5. The Bertz CT molecular complexity index is 590. The minimum atomic E-state index is -0.473. The molecule has 0 radical (unpaired) electrons. The number of hydrogen-bond donors (Lipinski definition) is 0. The monoisotopic (exact) mass is 327 g/mol. The summed E-state index contributed by atoms with van der Waals surface area (Å²) in [5.41, 5.74) is 0.528. The Labute approximate surface area is 133 Å². The highest BCUT2D eigenvalue weighted by atomic mass is 35.5. The van der Waals surface area contributed by atoms with Gasteiger partial charge >= 0.3 is 5.97 Å². The summed E-state index contributed by atoms with van der Waals surface area (Å²) in [6.07, 6.45) is 0.118. The third-order valence-electron chi connectivity index (χ3n) is 3.49. The number of esters is 1. The first-order valence-electron chi connectivity index (χ1n) is 6.90. The molecule has 1 heterocycles. The highest BCUT2D eigenvalue weighted by Gasteiger charge is 2.37. The minimum Gasteiger partial charge on any atom is -0.495 e. The average Bonchev–Trinajstić information content (AvgIpc) is 2.89. The van der Waals surface area contributed by atoms with E-state index in [0.717, 1.165) is 0 Å². The van der Waals surface area contributed by atoms with Gasteiger partial charge in [0.05, 0.1) is 37.5 Å². The molecule has 1 aromatic carbocycles. The lowest BCUT2D eigenvalue weighted by molar-refractivity contribution is -0.147. The first-order valence-corrected chi connectivity index (χ1v) is 7.28. The summed E-state index contributed by atoms with van der Waals surface area (Å²) in [5, 5.41) is 0.386. The Morgan fingerprint density at radius 2 is 2.00 bits per heavy atom. The van der Waals surface area contributed by atoms with Gasteiger partial charge in [-0.1, -0.05) is 11.6 Å². The predicted octanol–water partition coefficient (Wildman–Crippen LogP) is 2.27. The zero-order valence-electron chi connectivity index (χ0n) is 12.7. The second-order valence-electron chi connectivity index (χ2n) is 4.82. The molecular weight excluding hydrogens is 310 g/mol. The minimum absolute atomic E-state index is 0.118. The molecule has 2 rings (SSSR count). The zero-order valence-corrected chi connectivity index (χ0v) is 13.5. The number of ether oxygens (including phenoxy) is 3. The van der Waals surface area contributed by atoms with Gasteiger partial charge in [0.1, 0.15) is 11.5 Å². The van der Waals surface area contributed by atoms with Crippen LogP contribution in [0.3, 0.4) is 0 Å². The summed E-state index contributed by atoms with van der Waals surface area (Å²) in [6.45, 7) is 2.28. The molecule has 0 bridgehead atoms. The van der Waals surface area contributed by atoms with Crippen LogP contribution >= 0.6 is 11.6 Å². The van der Waals surface area contributed by atoms with Crippen molar-refractivity contribution < 1.29 is 23.8 Å². The smallest absolute Gasteiger partial charge is 0.311 e. The van der Waals surface area contributed by atoms with E-state index >= 15 is 0 Å². The van der Waals surface area contributed by atoms with Gasteiger partial charge in [-0.25, -0.2) is 0 Å². The van der Waals surface area contributed by atoms with Crippen molar-refractivity contribution in [2.24, 2.45) is 5.92 Å². The Hall–Kier alpha value is -1.95. The van der Waals surface area contributed by atoms with Crippen LogP contribution < -0.4 is 14.4 Å². The molecule has 0 saturated carbocycles. The van der Waals surface area contributed by atoms with E-state index in [0.29, 0.717) is 28.8 Å². The zero-order chi connectivity index (χ0) is 16.3. The Balaban J connectivity index is 2.31. The maximum absolute atomic E-state index is 12.2. The van der Waals surface area contributed by atoms with E-state index in [2.05, 4.69) is 0 Å². The Morgan fingerprint density at radius 3 is 2.59 bits per heavy atom. The van der Waals surface area contributed by atoms with Crippen molar-refractivity contribution in [3.05, 3.63) is 17.2 Å². The van der Waals surface area contributed by atoms with Crippen LogP contribution in [0.15, 0.2) is 12.1 Å². The van der Waals surface area contributed by atoms with Crippen molar-refractivity contribution in [1.29, 1.82) is 0 Å². The molecule has 0 N–H and O–H groups in total. The van der Waals surface area contributed by atoms with E-state index in [1.807, 2.05) is 0 Å². The maximum Gasteiger partial charge on any atom is 0.311 e. The van der Waals surface area contributed by atoms with Gasteiger partial charge < -0.3 is 19.1 Å². The van der Waals surface area contributed by atoms with E-state index < -0.39 is 5.92 Å². The van der Waals surface area contributed by atoms with Gasteiger partial charge in [-0.15, -0.1) is 0 Å². The highest BCUT2D eigenvalue weighted by molar-refractivity contribution is 6.32. The lowest BCUT2D eigenvalue weighted by Crippen LogP contribution is -2.27. The molecule has 1 fully saturated rings. The molecule has 6 nitrogen and oxygen atoms in total. The van der Waals surface area contributed by atoms with Gasteiger partial charge in [0.2, 0.25) is 5.91 Å². The van der Waals surface area contributed by atoms with Crippen molar-refractivity contribution in [2.75, 3.05) is 32.3 Å². The second kappa shape index (κ2) is 6.87. The number of carbonyl (C=O) groups is 2. The topological polar surface area (TPSA) is 65.1 Å². The largest absolute Gasteiger partial charge is 0.495 e. The van der Waals surface area contributed by atoms with Gasteiger partial charge in [0.15, 0.2) is 0 Å². The molecular formula is C15H18ClNO5. The molecule has 0 aromatic heterocycles. The van der Waals surface area contributed by atoms with Gasteiger partial charge in [-0.05, 0) is 6.92 Å². The van der Waals surface area contributed by atoms with Crippen LogP contribution in [0.5, 0.6) is 11.5 Å². The van der Waals surface area contributed by atoms with Crippen LogP contribution in [0.1, 0.15) is 13.3 Å². The summed E-state index contributed by atoms with van der Waals surface area (Å²) in [7, 11) is 2.98. The standard InChI is InChI=1S/C15H18ClNO5/c1-4-22-15(19)9-5-14(18)17(8-9)11-7-12(20-2)10(16)6-13(11)21-3/h6-7,9H,4-5,8H2,1-3H3/t9-/m1/s1. The van der Waals surface area contributed by atoms with Crippen molar-refractivity contribution >= 4 is 29.2 Å². The van der Waals surface area contributed by atoms with Crippen LogP contribution in [-0.2, 0) is 14.3 Å². The fraction of sp³-hybridized carbons (Fsp3) is 0.467. The second-order valence-corrected chi connectivity index (χ2v) is 5.22. The van der Waals surface area contributed by atoms with Crippen LogP contribution in [0, 0.1) is 5.92 Å². The number of methoxy groups -OCH3 is 2. The number of halogens is 1. The lowest BCUT2D eigenvalue weighted by Gasteiger charge is -2.20. The normalized spacial score (nSPS) is 17.5.